The SMILES string of the molecule is Cc1ccc(C2CS(=O)(=O)CC(C(=O)O)N2)cc1. The summed E-state index contributed by atoms with van der Waals surface area (Å²) in [7, 11) is -3.33. The average molecular weight is 269 g/mol. The van der Waals surface area contributed by atoms with Crippen LogP contribution in [0.15, 0.2) is 24.3 Å². The normalized spacial score (nSPS) is 26.7. The molecule has 0 saturated carbocycles. The maximum atomic E-state index is 11.7. The predicted octanol–water partition coefficient (Wildman–Crippen LogP) is 0.507. The maximum Gasteiger partial charge on any atom is 0.321 e. The molecule has 2 rings (SSSR count). The van der Waals surface area contributed by atoms with Crippen LogP contribution in [0.1, 0.15) is 17.2 Å². The van der Waals surface area contributed by atoms with Crippen molar-refractivity contribution in [2.45, 2.75) is 19.0 Å². The van der Waals surface area contributed by atoms with Gasteiger partial charge in [0.05, 0.1) is 11.5 Å². The zero-order valence-corrected chi connectivity index (χ0v) is 10.8. The molecule has 0 bridgehead atoms. The van der Waals surface area contributed by atoms with Crippen LogP contribution < -0.4 is 5.32 Å². The largest absolute Gasteiger partial charge is 0.480 e. The first kappa shape index (κ1) is 13.0. The van der Waals surface area contributed by atoms with Crippen LogP contribution in [0.2, 0.25) is 0 Å². The predicted molar refractivity (Wildman–Crippen MR) is 67.1 cm³/mol. The maximum absolute atomic E-state index is 11.7. The van der Waals surface area contributed by atoms with E-state index in [1.165, 1.54) is 0 Å². The van der Waals surface area contributed by atoms with E-state index in [2.05, 4.69) is 5.32 Å². The fourth-order valence-corrected chi connectivity index (χ4v) is 3.73. The highest BCUT2D eigenvalue weighted by Crippen LogP contribution is 2.21. The number of carbonyl (C=O) groups is 1. The van der Waals surface area contributed by atoms with Crippen LogP contribution >= 0.6 is 0 Å². The van der Waals surface area contributed by atoms with E-state index < -0.39 is 27.9 Å². The third-order valence-corrected chi connectivity index (χ3v) is 4.70. The fourth-order valence-electron chi connectivity index (χ4n) is 2.05. The van der Waals surface area contributed by atoms with Crippen LogP contribution in [0.25, 0.3) is 0 Å². The van der Waals surface area contributed by atoms with Crippen LogP contribution in [0.4, 0.5) is 0 Å². The van der Waals surface area contributed by atoms with Gasteiger partial charge in [0.25, 0.3) is 0 Å². The molecule has 0 radical (unpaired) electrons. The Morgan fingerprint density at radius 2 is 1.89 bits per heavy atom. The van der Waals surface area contributed by atoms with Gasteiger partial charge in [-0.15, -0.1) is 0 Å². The van der Waals surface area contributed by atoms with E-state index in [1.54, 1.807) is 0 Å². The summed E-state index contributed by atoms with van der Waals surface area (Å²) in [5.41, 5.74) is 1.88. The number of benzene rings is 1. The zero-order valence-electron chi connectivity index (χ0n) is 9.96. The lowest BCUT2D eigenvalue weighted by Gasteiger charge is -2.28. The zero-order chi connectivity index (χ0) is 13.3. The van der Waals surface area contributed by atoms with E-state index in [4.69, 9.17) is 5.11 Å². The van der Waals surface area contributed by atoms with Crippen molar-refractivity contribution in [1.29, 1.82) is 0 Å². The molecular weight excluding hydrogens is 254 g/mol. The van der Waals surface area contributed by atoms with Crippen molar-refractivity contribution >= 4 is 15.8 Å². The van der Waals surface area contributed by atoms with Crippen molar-refractivity contribution in [3.63, 3.8) is 0 Å². The van der Waals surface area contributed by atoms with Gasteiger partial charge in [-0.1, -0.05) is 29.8 Å². The number of carboxylic acid groups (broad SMARTS) is 1. The molecule has 0 aromatic heterocycles. The Hall–Kier alpha value is -1.40. The molecule has 1 aromatic carbocycles. The van der Waals surface area contributed by atoms with Gasteiger partial charge in [-0.3, -0.25) is 10.1 Å². The molecule has 0 spiro atoms. The smallest absolute Gasteiger partial charge is 0.321 e. The minimum Gasteiger partial charge on any atom is -0.480 e. The van der Waals surface area contributed by atoms with Crippen LogP contribution in [0.5, 0.6) is 0 Å². The molecule has 5 nitrogen and oxygen atoms in total. The van der Waals surface area contributed by atoms with E-state index in [-0.39, 0.29) is 11.5 Å². The first-order valence-corrected chi connectivity index (χ1v) is 7.45. The van der Waals surface area contributed by atoms with Crippen molar-refractivity contribution in [3.8, 4) is 0 Å². The molecule has 0 amide bonds. The average Bonchev–Trinajstić information content (AvgIpc) is 2.27. The van der Waals surface area contributed by atoms with Crippen LogP contribution in [0.3, 0.4) is 0 Å². The van der Waals surface area contributed by atoms with Gasteiger partial charge in [-0.05, 0) is 12.5 Å². The number of rotatable bonds is 2. The fraction of sp³-hybridized carbons (Fsp3) is 0.417. The summed E-state index contributed by atoms with van der Waals surface area (Å²) < 4.78 is 23.4. The van der Waals surface area contributed by atoms with Crippen molar-refractivity contribution in [2.75, 3.05) is 11.5 Å². The van der Waals surface area contributed by atoms with Crippen molar-refractivity contribution in [2.24, 2.45) is 0 Å². The van der Waals surface area contributed by atoms with Crippen molar-refractivity contribution in [3.05, 3.63) is 35.4 Å². The Bertz CT molecular complexity index is 550. The quantitative estimate of drug-likeness (QED) is 0.817. The van der Waals surface area contributed by atoms with Gasteiger partial charge >= 0.3 is 5.97 Å². The van der Waals surface area contributed by atoms with Crippen LogP contribution in [0, 0.1) is 6.92 Å². The standard InChI is InChI=1S/C12H15NO4S/c1-8-2-4-9(5-3-8)10-6-18(16,17)7-11(13-10)12(14)15/h2-5,10-11,13H,6-7H2,1H3,(H,14,15). The Morgan fingerprint density at radius 1 is 1.28 bits per heavy atom. The minimum atomic E-state index is -3.33. The topological polar surface area (TPSA) is 83.5 Å². The van der Waals surface area contributed by atoms with Gasteiger partial charge in [0.1, 0.15) is 6.04 Å². The van der Waals surface area contributed by atoms with E-state index in [0.29, 0.717) is 0 Å². The monoisotopic (exact) mass is 269 g/mol. The molecule has 6 heteroatoms. The lowest BCUT2D eigenvalue weighted by molar-refractivity contribution is -0.139. The van der Waals surface area contributed by atoms with Gasteiger partial charge in [0.2, 0.25) is 0 Å². The highest BCUT2D eigenvalue weighted by Gasteiger charge is 2.35. The van der Waals surface area contributed by atoms with Crippen molar-refractivity contribution in [1.82, 2.24) is 5.32 Å². The van der Waals surface area contributed by atoms with Crippen LogP contribution in [-0.4, -0.2) is 37.0 Å². The number of carboxylic acids is 1. The molecule has 1 aromatic rings. The van der Waals surface area contributed by atoms with Gasteiger partial charge in [0.15, 0.2) is 9.84 Å². The summed E-state index contributed by atoms with van der Waals surface area (Å²) >= 11 is 0. The molecule has 0 aliphatic carbocycles. The molecule has 1 heterocycles. The van der Waals surface area contributed by atoms with Gasteiger partial charge in [-0.2, -0.15) is 0 Å². The number of sulfone groups is 1. The summed E-state index contributed by atoms with van der Waals surface area (Å²) in [5, 5.41) is 11.8. The lowest BCUT2D eigenvalue weighted by Crippen LogP contribution is -2.51. The first-order chi connectivity index (χ1) is 8.37. The number of aliphatic carboxylic acids is 1. The van der Waals surface area contributed by atoms with E-state index in [9.17, 15) is 13.2 Å². The molecule has 2 unspecified atom stereocenters. The summed E-state index contributed by atoms with van der Waals surface area (Å²) in [6.45, 7) is 1.94. The number of hydrogen-bond donors (Lipinski definition) is 2. The van der Waals surface area contributed by atoms with E-state index >= 15 is 0 Å². The molecule has 98 valence electrons. The molecule has 2 N–H and O–H groups in total. The Labute approximate surface area is 106 Å². The molecule has 1 aliphatic rings. The summed E-state index contributed by atoms with van der Waals surface area (Å²) in [6, 6.07) is 5.93. The molecule has 1 fully saturated rings. The molecular formula is C12H15NO4S. The molecule has 2 atom stereocenters. The second-order valence-corrected chi connectivity index (χ2v) is 6.75. The van der Waals surface area contributed by atoms with E-state index in [0.717, 1.165) is 11.1 Å². The second kappa shape index (κ2) is 4.70. The number of hydrogen-bond acceptors (Lipinski definition) is 4. The molecule has 18 heavy (non-hydrogen) atoms. The summed E-state index contributed by atoms with van der Waals surface area (Å²) in [4.78, 5) is 10.9. The van der Waals surface area contributed by atoms with Crippen LogP contribution in [-0.2, 0) is 14.6 Å². The van der Waals surface area contributed by atoms with Gasteiger partial charge in [-0.25, -0.2) is 8.42 Å². The highest BCUT2D eigenvalue weighted by molar-refractivity contribution is 7.91. The Balaban J connectivity index is 2.27. The minimum absolute atomic E-state index is 0.0557. The van der Waals surface area contributed by atoms with Gasteiger partial charge < -0.3 is 5.11 Å². The third kappa shape index (κ3) is 2.88. The highest BCUT2D eigenvalue weighted by atomic mass is 32.2. The molecule has 1 aliphatic heterocycles. The Kier molecular flexibility index (Phi) is 3.41. The lowest BCUT2D eigenvalue weighted by atomic mass is 10.1. The van der Waals surface area contributed by atoms with Gasteiger partial charge in [0, 0.05) is 6.04 Å². The summed E-state index contributed by atoms with van der Waals surface area (Å²) in [5.74, 6) is -1.53. The number of nitrogens with one attached hydrogen (secondary N) is 1. The first-order valence-electron chi connectivity index (χ1n) is 5.63. The van der Waals surface area contributed by atoms with Crippen molar-refractivity contribution < 1.29 is 18.3 Å². The number of aryl methyl sites for hydroxylation is 1. The summed E-state index contributed by atoms with van der Waals surface area (Å²) in [6.07, 6.45) is 0. The molecule has 1 saturated heterocycles. The van der Waals surface area contributed by atoms with E-state index in [1.807, 2.05) is 31.2 Å². The second-order valence-electron chi connectivity index (χ2n) is 4.60. The Morgan fingerprint density at radius 3 is 2.44 bits per heavy atom. The third-order valence-electron chi connectivity index (χ3n) is 3.02.